The standard InChI is InChI=1S/C37H56FN3O2/c1-11-14-15-19-27(4)33(12-2)35(34(39-13-3)23-17-16-20-31-21-18-22-32(38)24-31)30(7)40-25-29(6)41(26-28(40)5)36(42)43-37(8,9)10/h12-13,18,21-22,24,28-29H,3-4,11,14-17,19-20,23,25-26H2,1-2,5-10H3/b33-12-,35-30+,39-34?/t28-,29+/m0/s1. The molecule has 238 valence electrons. The Morgan fingerprint density at radius 1 is 1.09 bits per heavy atom. The zero-order chi connectivity index (χ0) is 32.2. The van der Waals surface area contributed by atoms with Crippen molar-refractivity contribution >= 4 is 11.8 Å². The lowest BCUT2D eigenvalue weighted by molar-refractivity contribution is -0.00419. The Balaban J connectivity index is 2.41. The van der Waals surface area contributed by atoms with Gasteiger partial charge in [0.25, 0.3) is 0 Å². The molecule has 0 unspecified atom stereocenters. The van der Waals surface area contributed by atoms with Crippen LogP contribution < -0.4 is 0 Å². The molecule has 1 saturated heterocycles. The Labute approximate surface area is 261 Å². The van der Waals surface area contributed by atoms with Crippen molar-refractivity contribution in [1.29, 1.82) is 0 Å². The minimum atomic E-state index is -0.538. The van der Waals surface area contributed by atoms with Crippen LogP contribution in [0.5, 0.6) is 0 Å². The molecule has 0 N–H and O–H groups in total. The van der Waals surface area contributed by atoms with Crippen molar-refractivity contribution in [3.05, 3.63) is 83.5 Å². The van der Waals surface area contributed by atoms with Crippen molar-refractivity contribution < 1.29 is 13.9 Å². The molecule has 43 heavy (non-hydrogen) atoms. The monoisotopic (exact) mass is 593 g/mol. The Morgan fingerprint density at radius 2 is 1.74 bits per heavy atom. The number of aliphatic imine (C=N–C) groups is 1. The van der Waals surface area contributed by atoms with Crippen LogP contribution in [-0.2, 0) is 11.2 Å². The van der Waals surface area contributed by atoms with E-state index >= 15 is 0 Å². The largest absolute Gasteiger partial charge is 0.444 e. The average molecular weight is 594 g/mol. The van der Waals surface area contributed by atoms with Crippen LogP contribution in [-0.4, -0.2) is 52.4 Å². The summed E-state index contributed by atoms with van der Waals surface area (Å²) in [4.78, 5) is 22.1. The molecule has 0 spiro atoms. The molecule has 1 amide bonds. The first-order valence-corrected chi connectivity index (χ1v) is 16.1. The van der Waals surface area contributed by atoms with Gasteiger partial charge in [-0.15, -0.1) is 0 Å². The molecule has 1 aliphatic heterocycles. The van der Waals surface area contributed by atoms with Gasteiger partial charge in [-0.1, -0.05) is 51.1 Å². The zero-order valence-electron chi connectivity index (χ0n) is 28.1. The van der Waals surface area contributed by atoms with Gasteiger partial charge in [-0.2, -0.15) is 0 Å². The van der Waals surface area contributed by atoms with Crippen molar-refractivity contribution in [2.45, 2.75) is 124 Å². The maximum absolute atomic E-state index is 13.7. The normalized spacial score (nSPS) is 18.8. The molecule has 0 aliphatic carbocycles. The van der Waals surface area contributed by atoms with Gasteiger partial charge in [-0.3, -0.25) is 4.99 Å². The number of carbonyl (C=O) groups is 1. The first kappa shape index (κ1) is 36.0. The summed E-state index contributed by atoms with van der Waals surface area (Å²) in [6.07, 6.45) is 11.3. The molecule has 1 aromatic rings. The van der Waals surface area contributed by atoms with Gasteiger partial charge < -0.3 is 14.5 Å². The number of halogens is 1. The van der Waals surface area contributed by atoms with E-state index in [0.717, 1.165) is 78.6 Å². The van der Waals surface area contributed by atoms with Gasteiger partial charge in [0.05, 0.1) is 0 Å². The van der Waals surface area contributed by atoms with E-state index in [1.54, 1.807) is 18.3 Å². The molecule has 0 radical (unpaired) electrons. The highest BCUT2D eigenvalue weighted by molar-refractivity contribution is 6.05. The number of carbonyl (C=O) groups excluding carboxylic acids is 1. The SMILES string of the molecule is C=CN=C(CCCCc1cccc(F)c1)C(/C(=C\C)C(=C)CCCCC)=C(\C)N1C[C@@H](C)N(C(=O)OC(C)(C)C)C[C@@H]1C. The quantitative estimate of drug-likeness (QED) is 0.123. The maximum Gasteiger partial charge on any atom is 0.410 e. The second-order valence-electron chi connectivity index (χ2n) is 12.8. The second kappa shape index (κ2) is 17.2. The number of unbranched alkanes of at least 4 members (excludes halogenated alkanes) is 3. The van der Waals surface area contributed by atoms with Crippen LogP contribution in [0, 0.1) is 5.82 Å². The minimum absolute atomic E-state index is 0.0184. The fraction of sp³-hybridized carbons (Fsp3) is 0.568. The molecular weight excluding hydrogens is 537 g/mol. The third kappa shape index (κ3) is 11.1. The Bertz CT molecular complexity index is 1190. The van der Waals surface area contributed by atoms with E-state index in [4.69, 9.17) is 9.73 Å². The van der Waals surface area contributed by atoms with Crippen LogP contribution in [0.4, 0.5) is 9.18 Å². The Hall–Kier alpha value is -3.15. The molecule has 1 heterocycles. The lowest BCUT2D eigenvalue weighted by atomic mass is 9.87. The van der Waals surface area contributed by atoms with Gasteiger partial charge in [0, 0.05) is 48.4 Å². The highest BCUT2D eigenvalue weighted by atomic mass is 19.1. The summed E-state index contributed by atoms with van der Waals surface area (Å²) >= 11 is 0. The van der Waals surface area contributed by atoms with Crippen LogP contribution in [0.1, 0.15) is 106 Å². The minimum Gasteiger partial charge on any atom is -0.444 e. The smallest absolute Gasteiger partial charge is 0.410 e. The van der Waals surface area contributed by atoms with Gasteiger partial charge in [-0.05, 0) is 116 Å². The first-order valence-electron chi connectivity index (χ1n) is 16.1. The molecule has 2 atom stereocenters. The highest BCUT2D eigenvalue weighted by Crippen LogP contribution is 2.32. The van der Waals surface area contributed by atoms with Crippen molar-refractivity contribution in [3.63, 3.8) is 0 Å². The van der Waals surface area contributed by atoms with Crippen LogP contribution in [0.3, 0.4) is 0 Å². The highest BCUT2D eigenvalue weighted by Gasteiger charge is 2.35. The van der Waals surface area contributed by atoms with Gasteiger partial charge in [-0.25, -0.2) is 9.18 Å². The first-order chi connectivity index (χ1) is 20.3. The summed E-state index contributed by atoms with van der Waals surface area (Å²) in [7, 11) is 0. The fourth-order valence-corrected chi connectivity index (χ4v) is 5.80. The lowest BCUT2D eigenvalue weighted by Gasteiger charge is -2.46. The number of ether oxygens (including phenoxy) is 1. The Morgan fingerprint density at radius 3 is 2.35 bits per heavy atom. The van der Waals surface area contributed by atoms with Crippen LogP contribution in [0.15, 0.2) is 77.1 Å². The number of piperazine rings is 1. The summed E-state index contributed by atoms with van der Waals surface area (Å²) in [5.41, 5.74) is 5.97. The second-order valence-corrected chi connectivity index (χ2v) is 12.8. The number of aryl methyl sites for hydroxylation is 1. The fourth-order valence-electron chi connectivity index (χ4n) is 5.80. The Kier molecular flexibility index (Phi) is 14.4. The van der Waals surface area contributed by atoms with E-state index in [1.165, 1.54) is 12.5 Å². The summed E-state index contributed by atoms with van der Waals surface area (Å²) in [6.45, 7) is 26.2. The third-order valence-corrected chi connectivity index (χ3v) is 7.98. The van der Waals surface area contributed by atoms with Crippen LogP contribution >= 0.6 is 0 Å². The van der Waals surface area contributed by atoms with Crippen molar-refractivity contribution in [2.24, 2.45) is 4.99 Å². The van der Waals surface area contributed by atoms with E-state index in [1.807, 2.05) is 31.7 Å². The van der Waals surface area contributed by atoms with E-state index in [2.05, 4.69) is 58.8 Å². The van der Waals surface area contributed by atoms with Gasteiger partial charge in [0.15, 0.2) is 0 Å². The van der Waals surface area contributed by atoms with Crippen molar-refractivity contribution in [3.8, 4) is 0 Å². The van der Waals surface area contributed by atoms with E-state index in [-0.39, 0.29) is 24.0 Å². The van der Waals surface area contributed by atoms with E-state index in [9.17, 15) is 9.18 Å². The molecule has 5 nitrogen and oxygen atoms in total. The van der Waals surface area contributed by atoms with Gasteiger partial charge >= 0.3 is 6.09 Å². The molecule has 6 heteroatoms. The predicted molar refractivity (Wildman–Crippen MR) is 180 cm³/mol. The zero-order valence-corrected chi connectivity index (χ0v) is 28.1. The van der Waals surface area contributed by atoms with Crippen LogP contribution in [0.25, 0.3) is 0 Å². The predicted octanol–water partition coefficient (Wildman–Crippen LogP) is 9.81. The van der Waals surface area contributed by atoms with Crippen LogP contribution in [0.2, 0.25) is 0 Å². The van der Waals surface area contributed by atoms with Crippen molar-refractivity contribution in [2.75, 3.05) is 13.1 Å². The van der Waals surface area contributed by atoms with E-state index in [0.29, 0.717) is 13.1 Å². The number of allylic oxidation sites excluding steroid dienone is 5. The van der Waals surface area contributed by atoms with Gasteiger partial charge in [0.2, 0.25) is 0 Å². The molecule has 0 saturated carbocycles. The number of hydrogen-bond donors (Lipinski definition) is 0. The summed E-state index contributed by atoms with van der Waals surface area (Å²) < 4.78 is 19.4. The number of nitrogens with zero attached hydrogens (tertiary/aromatic N) is 3. The molecule has 1 aromatic carbocycles. The number of rotatable bonds is 14. The molecule has 1 aliphatic rings. The lowest BCUT2D eigenvalue weighted by Crippen LogP contribution is -2.58. The van der Waals surface area contributed by atoms with E-state index < -0.39 is 5.60 Å². The average Bonchev–Trinajstić information content (AvgIpc) is 2.93. The molecule has 0 bridgehead atoms. The summed E-state index contributed by atoms with van der Waals surface area (Å²) in [5, 5.41) is 0. The maximum atomic E-state index is 13.7. The third-order valence-electron chi connectivity index (χ3n) is 7.98. The van der Waals surface area contributed by atoms with Gasteiger partial charge in [0.1, 0.15) is 11.4 Å². The van der Waals surface area contributed by atoms with Crippen molar-refractivity contribution in [1.82, 2.24) is 9.80 Å². The molecule has 0 aromatic heterocycles. The topological polar surface area (TPSA) is 45.1 Å². The molecular formula is C37H56FN3O2. The summed E-state index contributed by atoms with van der Waals surface area (Å²) in [6, 6.07) is 6.92. The molecule has 2 rings (SSSR count). The summed E-state index contributed by atoms with van der Waals surface area (Å²) in [5.74, 6) is -0.193. The number of hydrogen-bond acceptors (Lipinski definition) is 4. The number of amides is 1. The molecule has 1 fully saturated rings. The number of benzene rings is 1.